The number of aromatic nitrogens is 3. The highest BCUT2D eigenvalue weighted by atomic mass is 35.5. The van der Waals surface area contributed by atoms with Crippen LogP contribution in [0.15, 0.2) is 71.8 Å². The molecule has 2 aromatic heterocycles. The van der Waals surface area contributed by atoms with Gasteiger partial charge in [-0.05, 0) is 43.3 Å². The molecule has 4 rings (SSSR count). The third kappa shape index (κ3) is 4.17. The second kappa shape index (κ2) is 7.94. The summed E-state index contributed by atoms with van der Waals surface area (Å²) in [7, 11) is -3.63. The second-order valence-corrected chi connectivity index (χ2v) is 8.85. The molecular formula is C21H19ClN4O2S. The lowest BCUT2D eigenvalue weighted by Gasteiger charge is -2.11. The number of nitrogens with one attached hydrogen (secondary N) is 1. The molecule has 0 bridgehead atoms. The molecule has 0 aliphatic rings. The highest BCUT2D eigenvalue weighted by Crippen LogP contribution is 2.24. The van der Waals surface area contributed by atoms with E-state index >= 15 is 0 Å². The summed E-state index contributed by atoms with van der Waals surface area (Å²) in [5.41, 5.74) is 3.59. The Labute approximate surface area is 174 Å². The molecule has 0 unspecified atom stereocenters. The summed E-state index contributed by atoms with van der Waals surface area (Å²) in [6.07, 6.45) is 1.71. The number of halogens is 1. The molecular weight excluding hydrogens is 408 g/mol. The van der Waals surface area contributed by atoms with Crippen molar-refractivity contribution in [2.45, 2.75) is 18.4 Å². The van der Waals surface area contributed by atoms with Crippen molar-refractivity contribution in [3.63, 3.8) is 0 Å². The van der Waals surface area contributed by atoms with E-state index in [0.717, 1.165) is 22.5 Å². The van der Waals surface area contributed by atoms with Gasteiger partial charge >= 0.3 is 0 Å². The van der Waals surface area contributed by atoms with Gasteiger partial charge in [0.05, 0.1) is 4.90 Å². The Hall–Kier alpha value is -2.74. The smallest absolute Gasteiger partial charge is 0.240 e. The molecule has 0 fully saturated rings. The molecule has 0 saturated carbocycles. The molecule has 148 valence electrons. The van der Waals surface area contributed by atoms with E-state index in [2.05, 4.69) is 9.71 Å². The predicted octanol–water partition coefficient (Wildman–Crippen LogP) is 4.04. The number of fused-ring (bicyclic) bond motifs is 1. The van der Waals surface area contributed by atoms with Crippen molar-refractivity contribution < 1.29 is 8.42 Å². The molecule has 29 heavy (non-hydrogen) atoms. The molecule has 0 aliphatic carbocycles. The van der Waals surface area contributed by atoms with Crippen molar-refractivity contribution in [2.24, 2.45) is 0 Å². The van der Waals surface area contributed by atoms with E-state index in [4.69, 9.17) is 16.6 Å². The number of aryl methyl sites for hydroxylation is 1. The fraction of sp³-hybridized carbons (Fsp3) is 0.143. The first-order chi connectivity index (χ1) is 13.9. The van der Waals surface area contributed by atoms with Crippen molar-refractivity contribution >= 4 is 32.8 Å². The molecule has 0 aliphatic heterocycles. The molecule has 0 saturated heterocycles. The second-order valence-electron chi connectivity index (χ2n) is 6.65. The van der Waals surface area contributed by atoms with E-state index in [9.17, 15) is 8.42 Å². The van der Waals surface area contributed by atoms with Gasteiger partial charge in [0.1, 0.15) is 11.3 Å². The maximum atomic E-state index is 12.5. The zero-order valence-electron chi connectivity index (χ0n) is 15.7. The minimum Gasteiger partial charge on any atom is -0.307 e. The van der Waals surface area contributed by atoms with Crippen LogP contribution in [0, 0.1) is 6.92 Å². The maximum Gasteiger partial charge on any atom is 0.240 e. The lowest BCUT2D eigenvalue weighted by Crippen LogP contribution is -2.27. The number of nitrogens with zero attached hydrogens (tertiary/aromatic N) is 3. The first-order valence-corrected chi connectivity index (χ1v) is 10.9. The number of rotatable bonds is 6. The summed E-state index contributed by atoms with van der Waals surface area (Å²) in [6.45, 7) is 2.62. The number of hydrogen-bond acceptors (Lipinski definition) is 4. The Kier molecular flexibility index (Phi) is 5.36. The maximum absolute atomic E-state index is 12.5. The minimum atomic E-state index is -3.63. The van der Waals surface area contributed by atoms with Crippen LogP contribution in [0.2, 0.25) is 5.02 Å². The van der Waals surface area contributed by atoms with Crippen LogP contribution in [-0.2, 0) is 16.6 Å². The van der Waals surface area contributed by atoms with Crippen molar-refractivity contribution in [1.82, 2.24) is 19.3 Å². The zero-order valence-corrected chi connectivity index (χ0v) is 17.3. The van der Waals surface area contributed by atoms with Crippen LogP contribution in [0.5, 0.6) is 0 Å². The topological polar surface area (TPSA) is 76.9 Å². The number of sulfonamides is 1. The molecule has 2 aromatic carbocycles. The molecule has 1 N–H and O–H groups in total. The summed E-state index contributed by atoms with van der Waals surface area (Å²) in [5, 5.41) is 0.489. The van der Waals surface area contributed by atoms with Gasteiger partial charge < -0.3 is 4.57 Å². The van der Waals surface area contributed by atoms with Crippen molar-refractivity contribution in [3.8, 4) is 11.4 Å². The SMILES string of the molecule is Cc1ccc(-c2nc3cccnc3n2CCNS(=O)(=O)c2ccc(Cl)cc2)cc1. The normalized spacial score (nSPS) is 11.8. The van der Waals surface area contributed by atoms with E-state index in [-0.39, 0.29) is 11.4 Å². The number of imidazole rings is 1. The van der Waals surface area contributed by atoms with Crippen LogP contribution in [0.1, 0.15) is 5.56 Å². The van der Waals surface area contributed by atoms with E-state index in [1.165, 1.54) is 12.1 Å². The molecule has 0 atom stereocenters. The van der Waals surface area contributed by atoms with Crippen molar-refractivity contribution in [3.05, 3.63) is 77.4 Å². The minimum absolute atomic E-state index is 0.175. The molecule has 6 nitrogen and oxygen atoms in total. The summed E-state index contributed by atoms with van der Waals surface area (Å²) in [5.74, 6) is 0.754. The van der Waals surface area contributed by atoms with Gasteiger partial charge in [-0.3, -0.25) is 0 Å². The molecule has 0 radical (unpaired) electrons. The molecule has 2 heterocycles. The lowest BCUT2D eigenvalue weighted by atomic mass is 10.1. The Morgan fingerprint density at radius 2 is 1.76 bits per heavy atom. The molecule has 0 spiro atoms. The Bertz CT molecular complexity index is 1250. The number of hydrogen-bond donors (Lipinski definition) is 1. The quantitative estimate of drug-likeness (QED) is 0.504. The third-order valence-electron chi connectivity index (χ3n) is 4.56. The Balaban J connectivity index is 1.61. The fourth-order valence-electron chi connectivity index (χ4n) is 3.08. The third-order valence-corrected chi connectivity index (χ3v) is 6.29. The molecule has 8 heteroatoms. The van der Waals surface area contributed by atoms with Crippen LogP contribution < -0.4 is 4.72 Å². The largest absolute Gasteiger partial charge is 0.307 e. The van der Waals surface area contributed by atoms with Gasteiger partial charge in [0, 0.05) is 29.9 Å². The van der Waals surface area contributed by atoms with Gasteiger partial charge in [0.2, 0.25) is 10.0 Å². The predicted molar refractivity (Wildman–Crippen MR) is 114 cm³/mol. The lowest BCUT2D eigenvalue weighted by molar-refractivity contribution is 0.574. The van der Waals surface area contributed by atoms with E-state index in [1.54, 1.807) is 18.3 Å². The Morgan fingerprint density at radius 1 is 1.03 bits per heavy atom. The Morgan fingerprint density at radius 3 is 2.48 bits per heavy atom. The van der Waals surface area contributed by atoms with Crippen LogP contribution in [-0.4, -0.2) is 29.5 Å². The average Bonchev–Trinajstić information content (AvgIpc) is 3.07. The van der Waals surface area contributed by atoms with E-state index in [0.29, 0.717) is 17.2 Å². The standard InChI is InChI=1S/C21H19ClN4O2S/c1-15-4-6-16(7-5-15)20-25-19-3-2-12-23-21(19)26(20)14-13-24-29(27,28)18-10-8-17(22)9-11-18/h2-12,24H,13-14H2,1H3. The monoisotopic (exact) mass is 426 g/mol. The van der Waals surface area contributed by atoms with Gasteiger partial charge in [-0.15, -0.1) is 0 Å². The summed E-state index contributed by atoms with van der Waals surface area (Å²) < 4.78 is 29.6. The summed E-state index contributed by atoms with van der Waals surface area (Å²) >= 11 is 5.84. The molecule has 4 aromatic rings. The first-order valence-electron chi connectivity index (χ1n) is 9.07. The van der Waals surface area contributed by atoms with Gasteiger partial charge in [-0.25, -0.2) is 23.1 Å². The highest BCUT2D eigenvalue weighted by Gasteiger charge is 2.16. The van der Waals surface area contributed by atoms with Gasteiger partial charge in [-0.1, -0.05) is 41.4 Å². The summed E-state index contributed by atoms with van der Waals surface area (Å²) in [6, 6.07) is 17.9. The van der Waals surface area contributed by atoms with Gasteiger partial charge in [0.25, 0.3) is 0 Å². The average molecular weight is 427 g/mol. The van der Waals surface area contributed by atoms with Gasteiger partial charge in [0.15, 0.2) is 5.65 Å². The summed E-state index contributed by atoms with van der Waals surface area (Å²) in [4.78, 5) is 9.32. The number of pyridine rings is 1. The highest BCUT2D eigenvalue weighted by molar-refractivity contribution is 7.89. The van der Waals surface area contributed by atoms with Crippen LogP contribution in [0.4, 0.5) is 0 Å². The van der Waals surface area contributed by atoms with Crippen LogP contribution in [0.25, 0.3) is 22.6 Å². The van der Waals surface area contributed by atoms with Crippen LogP contribution >= 0.6 is 11.6 Å². The van der Waals surface area contributed by atoms with Crippen molar-refractivity contribution in [1.29, 1.82) is 0 Å². The van der Waals surface area contributed by atoms with E-state index in [1.807, 2.05) is 47.9 Å². The molecule has 0 amide bonds. The first kappa shape index (κ1) is 19.6. The van der Waals surface area contributed by atoms with Crippen LogP contribution in [0.3, 0.4) is 0 Å². The van der Waals surface area contributed by atoms with Crippen molar-refractivity contribution in [2.75, 3.05) is 6.54 Å². The fourth-order valence-corrected chi connectivity index (χ4v) is 4.23. The van der Waals surface area contributed by atoms with E-state index < -0.39 is 10.0 Å². The zero-order chi connectivity index (χ0) is 20.4. The number of benzene rings is 2. The van der Waals surface area contributed by atoms with Gasteiger partial charge in [-0.2, -0.15) is 0 Å².